The van der Waals surface area contributed by atoms with Gasteiger partial charge in [0, 0.05) is 10.9 Å². The largest absolute Gasteiger partial charge is 0.484 e. The molecule has 0 N–H and O–H groups in total. The summed E-state index contributed by atoms with van der Waals surface area (Å²) in [5.41, 5.74) is 2.70. The molecule has 176 valence electrons. The number of esters is 1. The molecule has 0 amide bonds. The van der Waals surface area contributed by atoms with Crippen LogP contribution in [0.25, 0.3) is 11.0 Å². The van der Waals surface area contributed by atoms with Crippen LogP contribution < -0.4 is 15.1 Å². The van der Waals surface area contributed by atoms with Crippen LogP contribution in [-0.4, -0.2) is 33.2 Å². The predicted molar refractivity (Wildman–Crippen MR) is 121 cm³/mol. The summed E-state index contributed by atoms with van der Waals surface area (Å²) in [4.78, 5) is 24.3. The van der Waals surface area contributed by atoms with E-state index >= 15 is 0 Å². The SMILES string of the molecule is CCOC(=O)Cn1cc(COc2c3c(cc4c(C)c(CC)c(=O)oc24)CCC(C)(C)O3)nn1. The van der Waals surface area contributed by atoms with Crippen molar-refractivity contribution in [3.05, 3.63) is 45.1 Å². The Balaban J connectivity index is 1.72. The molecule has 4 rings (SSSR count). The van der Waals surface area contributed by atoms with Gasteiger partial charge in [-0.15, -0.1) is 5.10 Å². The van der Waals surface area contributed by atoms with Crippen LogP contribution in [-0.2, 0) is 35.5 Å². The monoisotopic (exact) mass is 455 g/mol. The van der Waals surface area contributed by atoms with Crippen LogP contribution in [0.5, 0.6) is 11.5 Å². The molecule has 0 saturated heterocycles. The van der Waals surface area contributed by atoms with Crippen molar-refractivity contribution in [2.24, 2.45) is 0 Å². The van der Waals surface area contributed by atoms with Crippen LogP contribution in [0.1, 0.15) is 56.5 Å². The maximum absolute atomic E-state index is 12.6. The van der Waals surface area contributed by atoms with Crippen molar-refractivity contribution < 1.29 is 23.4 Å². The molecule has 3 aromatic rings. The van der Waals surface area contributed by atoms with E-state index in [1.807, 2.05) is 33.8 Å². The average molecular weight is 456 g/mol. The molecule has 2 aromatic heterocycles. The molecule has 33 heavy (non-hydrogen) atoms. The van der Waals surface area contributed by atoms with Crippen molar-refractivity contribution in [1.29, 1.82) is 0 Å². The summed E-state index contributed by atoms with van der Waals surface area (Å²) in [6, 6.07) is 2.04. The Hall–Kier alpha value is -3.36. The Morgan fingerprint density at radius 1 is 1.30 bits per heavy atom. The maximum Gasteiger partial charge on any atom is 0.339 e. The molecule has 0 unspecified atom stereocenters. The molecule has 0 bridgehead atoms. The number of rotatable bonds is 7. The topological polar surface area (TPSA) is 106 Å². The smallest absolute Gasteiger partial charge is 0.339 e. The molecular formula is C24H29N3O6. The summed E-state index contributed by atoms with van der Waals surface area (Å²) in [5.74, 6) is 0.583. The van der Waals surface area contributed by atoms with Gasteiger partial charge in [0.15, 0.2) is 11.3 Å². The Bertz CT molecular complexity index is 1260. The highest BCUT2D eigenvalue weighted by atomic mass is 16.5. The van der Waals surface area contributed by atoms with Crippen molar-refractivity contribution >= 4 is 16.9 Å². The van der Waals surface area contributed by atoms with Gasteiger partial charge in [-0.05, 0) is 64.2 Å². The van der Waals surface area contributed by atoms with E-state index in [-0.39, 0.29) is 24.4 Å². The molecule has 0 spiro atoms. The Kier molecular flexibility index (Phi) is 6.14. The van der Waals surface area contributed by atoms with E-state index < -0.39 is 5.97 Å². The molecule has 3 heterocycles. The van der Waals surface area contributed by atoms with Crippen molar-refractivity contribution in [3.8, 4) is 11.5 Å². The lowest BCUT2D eigenvalue weighted by Crippen LogP contribution is -2.33. The van der Waals surface area contributed by atoms with Crippen LogP contribution in [0.15, 0.2) is 21.5 Å². The molecule has 0 fully saturated rings. The number of carbonyl (C=O) groups excluding carboxylic acids is 1. The van der Waals surface area contributed by atoms with Gasteiger partial charge in [-0.25, -0.2) is 9.48 Å². The summed E-state index contributed by atoms with van der Waals surface area (Å²) < 4.78 is 24.5. The molecular weight excluding hydrogens is 426 g/mol. The van der Waals surface area contributed by atoms with E-state index in [4.69, 9.17) is 18.6 Å². The zero-order valence-corrected chi connectivity index (χ0v) is 19.7. The van der Waals surface area contributed by atoms with Gasteiger partial charge < -0.3 is 18.6 Å². The summed E-state index contributed by atoms with van der Waals surface area (Å²) in [6.45, 7) is 9.99. The Morgan fingerprint density at radius 2 is 2.09 bits per heavy atom. The zero-order chi connectivity index (χ0) is 23.8. The second-order valence-corrected chi connectivity index (χ2v) is 8.78. The van der Waals surface area contributed by atoms with Gasteiger partial charge in [-0.1, -0.05) is 12.1 Å². The molecule has 9 nitrogen and oxygen atoms in total. The fourth-order valence-corrected chi connectivity index (χ4v) is 4.09. The summed E-state index contributed by atoms with van der Waals surface area (Å²) in [7, 11) is 0. The van der Waals surface area contributed by atoms with E-state index in [1.165, 1.54) is 4.68 Å². The number of aryl methyl sites for hydroxylation is 2. The standard InChI is InChI=1S/C24H29N3O6/c1-6-17-14(3)18-10-15-8-9-24(4,5)33-20(15)22(21(18)32-23(17)29)31-13-16-11-27(26-25-16)12-19(28)30-7-2/h10-11H,6-9,12-13H2,1-5H3. The Morgan fingerprint density at radius 3 is 2.82 bits per heavy atom. The molecule has 0 saturated carbocycles. The van der Waals surface area contributed by atoms with Crippen molar-refractivity contribution in [2.75, 3.05) is 6.61 Å². The highest BCUT2D eigenvalue weighted by Crippen LogP contribution is 2.45. The number of carbonyl (C=O) groups is 1. The molecule has 9 heteroatoms. The maximum atomic E-state index is 12.6. The number of benzene rings is 1. The lowest BCUT2D eigenvalue weighted by Gasteiger charge is -2.33. The summed E-state index contributed by atoms with van der Waals surface area (Å²) >= 11 is 0. The number of nitrogens with zero attached hydrogens (tertiary/aromatic N) is 3. The number of hydrogen-bond acceptors (Lipinski definition) is 8. The van der Waals surface area contributed by atoms with Crippen LogP contribution in [0.2, 0.25) is 0 Å². The highest BCUT2D eigenvalue weighted by Gasteiger charge is 2.32. The third kappa shape index (κ3) is 4.58. The molecule has 1 aromatic carbocycles. The zero-order valence-electron chi connectivity index (χ0n) is 19.7. The second kappa shape index (κ2) is 8.88. The first-order valence-electron chi connectivity index (χ1n) is 11.2. The first kappa shape index (κ1) is 22.8. The van der Waals surface area contributed by atoms with Gasteiger partial charge in [0.1, 0.15) is 24.4 Å². The molecule has 1 aliphatic rings. The Labute approximate surface area is 191 Å². The first-order valence-corrected chi connectivity index (χ1v) is 11.2. The van der Waals surface area contributed by atoms with Gasteiger partial charge in [0.2, 0.25) is 5.75 Å². The fourth-order valence-electron chi connectivity index (χ4n) is 4.09. The number of aromatic nitrogens is 3. The van der Waals surface area contributed by atoms with E-state index in [0.717, 1.165) is 29.4 Å². The highest BCUT2D eigenvalue weighted by molar-refractivity contribution is 5.90. The van der Waals surface area contributed by atoms with Gasteiger partial charge >= 0.3 is 11.6 Å². The van der Waals surface area contributed by atoms with Crippen molar-refractivity contribution in [3.63, 3.8) is 0 Å². The van der Waals surface area contributed by atoms with Gasteiger partial charge in [0.05, 0.1) is 12.8 Å². The fraction of sp³-hybridized carbons (Fsp3) is 0.500. The van der Waals surface area contributed by atoms with Gasteiger partial charge in [0.25, 0.3) is 0 Å². The number of hydrogen-bond donors (Lipinski definition) is 0. The van der Waals surface area contributed by atoms with E-state index in [9.17, 15) is 9.59 Å². The van der Waals surface area contributed by atoms with E-state index in [1.54, 1.807) is 13.1 Å². The second-order valence-electron chi connectivity index (χ2n) is 8.78. The minimum absolute atomic E-state index is 0.0321. The lowest BCUT2D eigenvalue weighted by atomic mass is 9.92. The van der Waals surface area contributed by atoms with Crippen LogP contribution in [0.3, 0.4) is 0 Å². The van der Waals surface area contributed by atoms with E-state index in [0.29, 0.717) is 41.4 Å². The summed E-state index contributed by atoms with van der Waals surface area (Å²) in [6.07, 6.45) is 3.90. The van der Waals surface area contributed by atoms with Crippen LogP contribution in [0, 0.1) is 6.92 Å². The molecule has 0 aliphatic carbocycles. The molecule has 0 atom stereocenters. The molecule has 0 radical (unpaired) electrons. The van der Waals surface area contributed by atoms with Gasteiger partial charge in [-0.3, -0.25) is 4.79 Å². The van der Waals surface area contributed by atoms with Crippen LogP contribution >= 0.6 is 0 Å². The first-order chi connectivity index (χ1) is 15.7. The van der Waals surface area contributed by atoms with Gasteiger partial charge in [-0.2, -0.15) is 0 Å². The minimum Gasteiger partial charge on any atom is -0.484 e. The van der Waals surface area contributed by atoms with Crippen molar-refractivity contribution in [2.45, 2.75) is 72.6 Å². The minimum atomic E-state index is -0.391. The third-order valence-electron chi connectivity index (χ3n) is 5.84. The number of ether oxygens (including phenoxy) is 3. The quantitative estimate of drug-likeness (QED) is 0.394. The molecule has 1 aliphatic heterocycles. The normalized spacial score (nSPS) is 14.6. The van der Waals surface area contributed by atoms with E-state index in [2.05, 4.69) is 10.3 Å². The average Bonchev–Trinajstić information content (AvgIpc) is 3.19. The number of fused-ring (bicyclic) bond motifs is 2. The lowest BCUT2D eigenvalue weighted by molar-refractivity contribution is -0.144. The van der Waals surface area contributed by atoms with Crippen LogP contribution in [0.4, 0.5) is 0 Å². The summed E-state index contributed by atoms with van der Waals surface area (Å²) in [5, 5.41) is 8.87. The van der Waals surface area contributed by atoms with Crippen molar-refractivity contribution in [1.82, 2.24) is 15.0 Å². The third-order valence-corrected chi connectivity index (χ3v) is 5.84. The predicted octanol–water partition coefficient (Wildman–Crippen LogP) is 3.50.